The summed E-state index contributed by atoms with van der Waals surface area (Å²) in [5.41, 5.74) is 1.32. The van der Waals surface area contributed by atoms with Crippen molar-refractivity contribution in [2.45, 2.75) is 25.4 Å². The first-order chi connectivity index (χ1) is 15.2. The number of nitrogens with zero attached hydrogens (tertiary/aromatic N) is 3. The molecule has 4 rings (SSSR count). The van der Waals surface area contributed by atoms with Crippen molar-refractivity contribution in [2.24, 2.45) is 0 Å². The molecule has 2 heterocycles. The molecule has 0 radical (unpaired) electrons. The van der Waals surface area contributed by atoms with Crippen molar-refractivity contribution in [3.05, 3.63) is 78.2 Å². The van der Waals surface area contributed by atoms with Gasteiger partial charge in [-0.25, -0.2) is 9.97 Å². The van der Waals surface area contributed by atoms with E-state index in [0.717, 1.165) is 17.3 Å². The number of alkyl halides is 3. The van der Waals surface area contributed by atoms with Gasteiger partial charge in [-0.2, -0.15) is 13.2 Å². The second kappa shape index (κ2) is 8.20. The molecular formula is C24H21F3N4O. The highest BCUT2D eigenvalue weighted by Gasteiger charge is 2.34. The highest BCUT2D eigenvalue weighted by atomic mass is 19.4. The van der Waals surface area contributed by atoms with Crippen LogP contribution in [0.25, 0.3) is 22.2 Å². The first-order valence-corrected chi connectivity index (χ1v) is 9.95. The lowest BCUT2D eigenvalue weighted by molar-refractivity contribution is -0.137. The number of pyridine rings is 1. The SMILES string of the molecule is CC(C)(CO)c1ccc(Nc2ncnc3cc(-c4ncccc4C(F)(F)F)ccc23)cc1. The van der Waals surface area contributed by atoms with Crippen molar-refractivity contribution in [3.63, 3.8) is 0 Å². The van der Waals surface area contributed by atoms with E-state index in [-0.39, 0.29) is 17.7 Å². The third kappa shape index (κ3) is 4.27. The molecule has 2 N–H and O–H groups in total. The van der Waals surface area contributed by atoms with Gasteiger partial charge in [-0.1, -0.05) is 32.0 Å². The fourth-order valence-electron chi connectivity index (χ4n) is 3.40. The van der Waals surface area contributed by atoms with Gasteiger partial charge in [0.2, 0.25) is 0 Å². The van der Waals surface area contributed by atoms with Crippen molar-refractivity contribution < 1.29 is 18.3 Å². The van der Waals surface area contributed by atoms with Crippen molar-refractivity contribution in [2.75, 3.05) is 11.9 Å². The molecule has 8 heteroatoms. The summed E-state index contributed by atoms with van der Waals surface area (Å²) in [5.74, 6) is 0.535. The van der Waals surface area contributed by atoms with Gasteiger partial charge in [-0.3, -0.25) is 4.98 Å². The average molecular weight is 438 g/mol. The Bertz CT molecular complexity index is 1250. The average Bonchev–Trinajstić information content (AvgIpc) is 2.79. The number of anilines is 2. The summed E-state index contributed by atoms with van der Waals surface area (Å²) < 4.78 is 40.2. The van der Waals surface area contributed by atoms with E-state index < -0.39 is 11.7 Å². The molecule has 0 saturated heterocycles. The smallest absolute Gasteiger partial charge is 0.395 e. The molecule has 0 amide bonds. The number of fused-ring (bicyclic) bond motifs is 1. The van der Waals surface area contributed by atoms with E-state index in [1.54, 1.807) is 18.2 Å². The summed E-state index contributed by atoms with van der Waals surface area (Å²) >= 11 is 0. The standard InChI is InChI=1S/C24H21F3N4O/c1-23(2,13-32)16-6-8-17(9-7-16)31-22-18-10-5-15(12-20(18)29-14-30-22)21-19(24(25,26)27)4-3-11-28-21/h3-12,14,32H,13H2,1-2H3,(H,29,30,31). The molecule has 0 atom stereocenters. The number of rotatable bonds is 5. The van der Waals surface area contributed by atoms with Gasteiger partial charge in [0.05, 0.1) is 23.4 Å². The van der Waals surface area contributed by atoms with Crippen molar-refractivity contribution in [3.8, 4) is 11.3 Å². The summed E-state index contributed by atoms with van der Waals surface area (Å²) in [6, 6.07) is 14.8. The molecule has 0 unspecified atom stereocenters. The predicted octanol–water partition coefficient (Wildman–Crippen LogP) is 5.72. The molecule has 0 aliphatic heterocycles. The molecular weight excluding hydrogens is 417 g/mol. The second-order valence-electron chi connectivity index (χ2n) is 8.10. The molecule has 0 bridgehead atoms. The minimum absolute atomic E-state index is 0.0327. The van der Waals surface area contributed by atoms with Crippen molar-refractivity contribution in [1.82, 2.24) is 15.0 Å². The maximum absolute atomic E-state index is 13.4. The molecule has 0 fully saturated rings. The maximum Gasteiger partial charge on any atom is 0.418 e. The van der Waals surface area contributed by atoms with Gasteiger partial charge in [-0.15, -0.1) is 0 Å². The summed E-state index contributed by atoms with van der Waals surface area (Å²) in [4.78, 5) is 12.5. The van der Waals surface area contributed by atoms with E-state index in [9.17, 15) is 18.3 Å². The quantitative estimate of drug-likeness (QED) is 0.417. The number of aliphatic hydroxyl groups excluding tert-OH is 1. The molecule has 0 spiro atoms. The molecule has 2 aromatic heterocycles. The lowest BCUT2D eigenvalue weighted by Crippen LogP contribution is -2.21. The van der Waals surface area contributed by atoms with Crippen LogP contribution in [0.15, 0.2) is 67.1 Å². The van der Waals surface area contributed by atoms with Crippen molar-refractivity contribution in [1.29, 1.82) is 0 Å². The number of halogens is 3. The third-order valence-electron chi connectivity index (χ3n) is 5.35. The molecule has 0 aliphatic rings. The van der Waals surface area contributed by atoms with Gasteiger partial charge in [0, 0.05) is 28.2 Å². The largest absolute Gasteiger partial charge is 0.418 e. The normalized spacial score (nSPS) is 12.2. The molecule has 164 valence electrons. The number of hydrogen-bond donors (Lipinski definition) is 2. The Morgan fingerprint density at radius 3 is 2.38 bits per heavy atom. The summed E-state index contributed by atoms with van der Waals surface area (Å²) in [6.07, 6.45) is -1.81. The fourth-order valence-corrected chi connectivity index (χ4v) is 3.40. The molecule has 32 heavy (non-hydrogen) atoms. The molecule has 5 nitrogen and oxygen atoms in total. The van der Waals surface area contributed by atoms with E-state index >= 15 is 0 Å². The number of hydrogen-bond acceptors (Lipinski definition) is 5. The van der Waals surface area contributed by atoms with Crippen LogP contribution < -0.4 is 5.32 Å². The van der Waals surface area contributed by atoms with Crippen LogP contribution in [-0.2, 0) is 11.6 Å². The molecule has 0 aliphatic carbocycles. The molecule has 0 saturated carbocycles. The Morgan fingerprint density at radius 1 is 0.938 bits per heavy atom. The summed E-state index contributed by atoms with van der Waals surface area (Å²) in [7, 11) is 0. The van der Waals surface area contributed by atoms with Crippen LogP contribution >= 0.6 is 0 Å². The summed E-state index contributed by atoms with van der Waals surface area (Å²) in [6.45, 7) is 3.94. The number of benzene rings is 2. The third-order valence-corrected chi connectivity index (χ3v) is 5.35. The molecule has 4 aromatic rings. The topological polar surface area (TPSA) is 70.9 Å². The first kappa shape index (κ1) is 21.7. The zero-order valence-corrected chi connectivity index (χ0v) is 17.5. The van der Waals surface area contributed by atoms with Crippen LogP contribution in [0.1, 0.15) is 25.0 Å². The Kier molecular flexibility index (Phi) is 5.56. The number of nitrogens with one attached hydrogen (secondary N) is 1. The van der Waals surface area contributed by atoms with E-state index in [1.165, 1.54) is 18.6 Å². The van der Waals surface area contributed by atoms with E-state index in [4.69, 9.17) is 0 Å². The predicted molar refractivity (Wildman–Crippen MR) is 118 cm³/mol. The second-order valence-corrected chi connectivity index (χ2v) is 8.10. The van der Waals surface area contributed by atoms with Crippen LogP contribution in [0.3, 0.4) is 0 Å². The number of aromatic nitrogens is 3. The summed E-state index contributed by atoms with van der Waals surface area (Å²) in [5, 5.41) is 13.4. The Balaban J connectivity index is 1.68. The zero-order chi connectivity index (χ0) is 22.9. The van der Waals surface area contributed by atoms with Crippen LogP contribution in [0.5, 0.6) is 0 Å². The van der Waals surface area contributed by atoms with Gasteiger partial charge in [0.15, 0.2) is 0 Å². The minimum atomic E-state index is -4.51. The van der Waals surface area contributed by atoms with Gasteiger partial charge < -0.3 is 10.4 Å². The van der Waals surface area contributed by atoms with E-state index in [0.29, 0.717) is 22.3 Å². The van der Waals surface area contributed by atoms with Crippen molar-refractivity contribution >= 4 is 22.4 Å². The van der Waals surface area contributed by atoms with E-state index in [2.05, 4.69) is 20.3 Å². The maximum atomic E-state index is 13.4. The van der Waals surface area contributed by atoms with Crippen LogP contribution in [0.2, 0.25) is 0 Å². The van der Waals surface area contributed by atoms with Gasteiger partial charge in [0.1, 0.15) is 12.1 Å². The number of aliphatic hydroxyl groups is 1. The highest BCUT2D eigenvalue weighted by molar-refractivity contribution is 5.93. The van der Waals surface area contributed by atoms with Gasteiger partial charge in [0.25, 0.3) is 0 Å². The monoisotopic (exact) mass is 438 g/mol. The minimum Gasteiger partial charge on any atom is -0.395 e. The Morgan fingerprint density at radius 2 is 1.69 bits per heavy atom. The van der Waals surface area contributed by atoms with Gasteiger partial charge >= 0.3 is 6.18 Å². The lowest BCUT2D eigenvalue weighted by atomic mass is 9.85. The van der Waals surface area contributed by atoms with Crippen LogP contribution in [-0.4, -0.2) is 26.7 Å². The van der Waals surface area contributed by atoms with Crippen LogP contribution in [0.4, 0.5) is 24.7 Å². The Hall–Kier alpha value is -3.52. The fraction of sp³-hybridized carbons (Fsp3) is 0.208. The van der Waals surface area contributed by atoms with E-state index in [1.807, 2.05) is 38.1 Å². The Labute approximate surface area is 183 Å². The first-order valence-electron chi connectivity index (χ1n) is 9.95. The molecule has 2 aromatic carbocycles. The zero-order valence-electron chi connectivity index (χ0n) is 17.5. The van der Waals surface area contributed by atoms with Crippen LogP contribution in [0, 0.1) is 0 Å². The lowest BCUT2D eigenvalue weighted by Gasteiger charge is -2.22. The highest BCUT2D eigenvalue weighted by Crippen LogP contribution is 2.37. The van der Waals surface area contributed by atoms with Gasteiger partial charge in [-0.05, 0) is 42.0 Å².